The molecule has 0 bridgehead atoms. The fourth-order valence-corrected chi connectivity index (χ4v) is 3.70. The van der Waals surface area contributed by atoms with Gasteiger partial charge in [0.2, 0.25) is 0 Å². The van der Waals surface area contributed by atoms with Crippen LogP contribution in [0.1, 0.15) is 12.8 Å². The Morgan fingerprint density at radius 2 is 1.96 bits per heavy atom. The summed E-state index contributed by atoms with van der Waals surface area (Å²) in [7, 11) is 0. The quantitative estimate of drug-likeness (QED) is 0.749. The Labute approximate surface area is 156 Å². The standard InChI is InChI=1S/C20H18ClN3O2/c21-15-8-6-13(7-9-15)16-4-1-5-17-18(16)19(23-12-22-17)24-10-2-3-14(11-24)20(25)26/h1,4-9,12,14H,2-3,10-11H2,(H,25,26)/t14-/m0/s1. The van der Waals surface area contributed by atoms with Crippen molar-refractivity contribution in [3.63, 3.8) is 0 Å². The van der Waals surface area contributed by atoms with Gasteiger partial charge in [-0.1, -0.05) is 35.9 Å². The summed E-state index contributed by atoms with van der Waals surface area (Å²) in [6, 6.07) is 13.6. The molecule has 3 aromatic rings. The second-order valence-electron chi connectivity index (χ2n) is 6.53. The van der Waals surface area contributed by atoms with Gasteiger partial charge in [-0.05, 0) is 42.2 Å². The lowest BCUT2D eigenvalue weighted by molar-refractivity contribution is -0.141. The second kappa shape index (κ2) is 6.92. The van der Waals surface area contributed by atoms with Crippen LogP contribution in [0.2, 0.25) is 5.02 Å². The van der Waals surface area contributed by atoms with E-state index in [1.165, 1.54) is 0 Å². The summed E-state index contributed by atoms with van der Waals surface area (Å²) in [6.45, 7) is 1.27. The number of fused-ring (bicyclic) bond motifs is 1. The first-order valence-electron chi connectivity index (χ1n) is 8.61. The van der Waals surface area contributed by atoms with E-state index in [4.69, 9.17) is 11.6 Å². The number of halogens is 1. The zero-order valence-corrected chi connectivity index (χ0v) is 14.9. The first-order chi connectivity index (χ1) is 12.6. The first kappa shape index (κ1) is 16.8. The molecule has 1 saturated heterocycles. The number of anilines is 1. The molecule has 5 nitrogen and oxygen atoms in total. The molecule has 0 radical (unpaired) electrons. The second-order valence-corrected chi connectivity index (χ2v) is 6.96. The molecule has 1 aliphatic heterocycles. The molecular weight excluding hydrogens is 350 g/mol. The molecule has 1 fully saturated rings. The molecule has 2 aromatic carbocycles. The molecule has 2 heterocycles. The van der Waals surface area contributed by atoms with Crippen LogP contribution in [-0.4, -0.2) is 34.1 Å². The van der Waals surface area contributed by atoms with Crippen molar-refractivity contribution in [1.82, 2.24) is 9.97 Å². The maximum Gasteiger partial charge on any atom is 0.308 e. The van der Waals surface area contributed by atoms with Crippen molar-refractivity contribution in [1.29, 1.82) is 0 Å². The van der Waals surface area contributed by atoms with Crippen molar-refractivity contribution in [3.05, 3.63) is 53.8 Å². The van der Waals surface area contributed by atoms with Gasteiger partial charge in [0.05, 0.1) is 16.8 Å². The molecule has 0 unspecified atom stereocenters. The molecule has 1 atom stereocenters. The Hall–Kier alpha value is -2.66. The summed E-state index contributed by atoms with van der Waals surface area (Å²) in [5.41, 5.74) is 2.90. The lowest BCUT2D eigenvalue weighted by atomic mass is 9.96. The zero-order chi connectivity index (χ0) is 18.1. The zero-order valence-electron chi connectivity index (χ0n) is 14.1. The van der Waals surface area contributed by atoms with Crippen LogP contribution in [0.15, 0.2) is 48.8 Å². The number of carboxylic acids is 1. The third kappa shape index (κ3) is 3.10. The average Bonchev–Trinajstić information content (AvgIpc) is 2.68. The van der Waals surface area contributed by atoms with Crippen molar-refractivity contribution >= 4 is 34.3 Å². The maximum absolute atomic E-state index is 11.4. The molecule has 26 heavy (non-hydrogen) atoms. The van der Waals surface area contributed by atoms with Gasteiger partial charge in [0, 0.05) is 18.1 Å². The van der Waals surface area contributed by atoms with Gasteiger partial charge < -0.3 is 10.0 Å². The molecular formula is C20H18ClN3O2. The molecule has 1 aromatic heterocycles. The maximum atomic E-state index is 11.4. The lowest BCUT2D eigenvalue weighted by Crippen LogP contribution is -2.39. The average molecular weight is 368 g/mol. The van der Waals surface area contributed by atoms with Crippen LogP contribution >= 0.6 is 11.6 Å². The first-order valence-corrected chi connectivity index (χ1v) is 8.98. The molecule has 6 heteroatoms. The number of benzene rings is 2. The highest BCUT2D eigenvalue weighted by Crippen LogP contribution is 2.35. The molecule has 4 rings (SSSR count). The Balaban J connectivity index is 1.85. The third-order valence-corrected chi connectivity index (χ3v) is 5.12. The van der Waals surface area contributed by atoms with Gasteiger partial charge >= 0.3 is 5.97 Å². The van der Waals surface area contributed by atoms with Crippen molar-refractivity contribution in [2.45, 2.75) is 12.8 Å². The highest BCUT2D eigenvalue weighted by molar-refractivity contribution is 6.30. The fraction of sp³-hybridized carbons (Fsp3) is 0.250. The number of piperidine rings is 1. The van der Waals surface area contributed by atoms with E-state index in [0.717, 1.165) is 40.8 Å². The predicted molar refractivity (Wildman–Crippen MR) is 103 cm³/mol. The molecule has 1 aliphatic rings. The molecule has 0 aliphatic carbocycles. The monoisotopic (exact) mass is 367 g/mol. The van der Waals surface area contributed by atoms with Gasteiger partial charge in [-0.25, -0.2) is 9.97 Å². The number of carbonyl (C=O) groups is 1. The Kier molecular flexibility index (Phi) is 4.47. The summed E-state index contributed by atoms with van der Waals surface area (Å²) < 4.78 is 0. The minimum atomic E-state index is -0.744. The summed E-state index contributed by atoms with van der Waals surface area (Å²) in [5, 5.41) is 11.0. The van der Waals surface area contributed by atoms with Crippen LogP contribution in [0.4, 0.5) is 5.82 Å². The van der Waals surface area contributed by atoms with Crippen molar-refractivity contribution in [3.8, 4) is 11.1 Å². The van der Waals surface area contributed by atoms with Gasteiger partial charge in [0.15, 0.2) is 0 Å². The van der Waals surface area contributed by atoms with E-state index in [1.807, 2.05) is 42.5 Å². The van der Waals surface area contributed by atoms with Crippen molar-refractivity contribution < 1.29 is 9.90 Å². The van der Waals surface area contributed by atoms with Crippen LogP contribution in [0, 0.1) is 5.92 Å². The third-order valence-electron chi connectivity index (χ3n) is 4.87. The number of rotatable bonds is 3. The summed E-state index contributed by atoms with van der Waals surface area (Å²) in [5.74, 6) is -0.311. The summed E-state index contributed by atoms with van der Waals surface area (Å²) in [6.07, 6.45) is 3.10. The number of aromatic nitrogens is 2. The largest absolute Gasteiger partial charge is 0.481 e. The highest BCUT2D eigenvalue weighted by atomic mass is 35.5. The summed E-state index contributed by atoms with van der Waals surface area (Å²) >= 11 is 6.03. The van der Waals surface area contributed by atoms with Gasteiger partial charge in [-0.15, -0.1) is 0 Å². The topological polar surface area (TPSA) is 66.3 Å². The van der Waals surface area contributed by atoms with E-state index in [9.17, 15) is 9.90 Å². The van der Waals surface area contributed by atoms with Crippen LogP contribution in [-0.2, 0) is 4.79 Å². The van der Waals surface area contributed by atoms with E-state index < -0.39 is 5.97 Å². The molecule has 0 spiro atoms. The number of aliphatic carboxylic acids is 1. The Morgan fingerprint density at radius 1 is 1.15 bits per heavy atom. The Bertz CT molecular complexity index is 954. The smallest absolute Gasteiger partial charge is 0.308 e. The molecule has 0 amide bonds. The minimum absolute atomic E-state index is 0.364. The van der Waals surface area contributed by atoms with Crippen molar-refractivity contribution in [2.24, 2.45) is 5.92 Å². The molecule has 1 N–H and O–H groups in total. The van der Waals surface area contributed by atoms with E-state index in [-0.39, 0.29) is 5.92 Å². The number of hydrogen-bond donors (Lipinski definition) is 1. The van der Waals surface area contributed by atoms with Gasteiger partial charge in [-0.3, -0.25) is 4.79 Å². The van der Waals surface area contributed by atoms with E-state index in [1.54, 1.807) is 6.33 Å². The van der Waals surface area contributed by atoms with Gasteiger partial charge in [-0.2, -0.15) is 0 Å². The lowest BCUT2D eigenvalue weighted by Gasteiger charge is -2.32. The van der Waals surface area contributed by atoms with Gasteiger partial charge in [0.25, 0.3) is 0 Å². The SMILES string of the molecule is O=C(O)[C@H]1CCCN(c2ncnc3cccc(-c4ccc(Cl)cc4)c23)C1. The number of hydrogen-bond acceptors (Lipinski definition) is 4. The van der Waals surface area contributed by atoms with E-state index in [0.29, 0.717) is 18.0 Å². The van der Waals surface area contributed by atoms with Crippen molar-refractivity contribution in [2.75, 3.05) is 18.0 Å². The molecule has 132 valence electrons. The normalized spacial score (nSPS) is 17.4. The Morgan fingerprint density at radius 3 is 2.73 bits per heavy atom. The summed E-state index contributed by atoms with van der Waals surface area (Å²) in [4.78, 5) is 22.5. The number of carboxylic acid groups (broad SMARTS) is 1. The number of nitrogens with zero attached hydrogens (tertiary/aromatic N) is 3. The fourth-order valence-electron chi connectivity index (χ4n) is 3.57. The van der Waals surface area contributed by atoms with Gasteiger partial charge in [0.1, 0.15) is 12.1 Å². The van der Waals surface area contributed by atoms with Crippen LogP contribution in [0.3, 0.4) is 0 Å². The van der Waals surface area contributed by atoms with Crippen LogP contribution in [0.5, 0.6) is 0 Å². The van der Waals surface area contributed by atoms with Crippen LogP contribution < -0.4 is 4.90 Å². The predicted octanol–water partition coefficient (Wildman–Crippen LogP) is 4.25. The minimum Gasteiger partial charge on any atom is -0.481 e. The van der Waals surface area contributed by atoms with E-state index >= 15 is 0 Å². The van der Waals surface area contributed by atoms with E-state index in [2.05, 4.69) is 14.9 Å². The molecule has 0 saturated carbocycles. The highest BCUT2D eigenvalue weighted by Gasteiger charge is 2.27. The van der Waals surface area contributed by atoms with Crippen LogP contribution in [0.25, 0.3) is 22.0 Å².